The quantitative estimate of drug-likeness (QED) is 0.246. The summed E-state index contributed by atoms with van der Waals surface area (Å²) in [5.41, 5.74) is 1.76. The zero-order valence-electron chi connectivity index (χ0n) is 17.7. The van der Waals surface area contributed by atoms with E-state index in [4.69, 9.17) is 21.1 Å². The minimum absolute atomic E-state index is 0.0598. The highest BCUT2D eigenvalue weighted by Gasteiger charge is 2.22. The predicted molar refractivity (Wildman–Crippen MR) is 125 cm³/mol. The topological polar surface area (TPSA) is 201 Å². The van der Waals surface area contributed by atoms with Gasteiger partial charge in [-0.3, -0.25) is 35.1 Å². The number of nitro groups is 2. The number of hydrazone groups is 1. The minimum atomic E-state index is -0.674. The molecule has 2 N–H and O–H groups in total. The van der Waals surface area contributed by atoms with Gasteiger partial charge in [-0.1, -0.05) is 22.9 Å². The smallest absolute Gasteiger partial charge is 0.287 e. The summed E-state index contributed by atoms with van der Waals surface area (Å²) in [7, 11) is 0. The normalized spacial score (nSPS) is 11.9. The largest absolute Gasteiger partial charge is 0.454 e. The fourth-order valence-electron chi connectivity index (χ4n) is 2.90. The molecule has 1 aromatic heterocycles. The van der Waals surface area contributed by atoms with Crippen LogP contribution in [-0.2, 0) is 11.2 Å². The molecule has 3 aromatic rings. The van der Waals surface area contributed by atoms with E-state index in [1.54, 1.807) is 0 Å². The van der Waals surface area contributed by atoms with Crippen molar-refractivity contribution in [1.82, 2.24) is 15.6 Å². The van der Waals surface area contributed by atoms with Crippen molar-refractivity contribution < 1.29 is 28.9 Å². The molecule has 2 aromatic carbocycles. The summed E-state index contributed by atoms with van der Waals surface area (Å²) in [5, 5.41) is 36.0. The van der Waals surface area contributed by atoms with Crippen LogP contribution in [0.4, 0.5) is 16.5 Å². The van der Waals surface area contributed by atoms with Crippen LogP contribution in [-0.4, -0.2) is 44.9 Å². The Bertz CT molecular complexity index is 1430. The molecule has 1 aliphatic rings. The van der Waals surface area contributed by atoms with Crippen LogP contribution in [0.3, 0.4) is 0 Å². The Hall–Kier alpha value is -4.70. The molecule has 36 heavy (non-hydrogen) atoms. The van der Waals surface area contributed by atoms with E-state index in [1.807, 2.05) is 0 Å². The van der Waals surface area contributed by atoms with Gasteiger partial charge in [0.05, 0.1) is 34.1 Å². The number of carbonyl (C=O) groups excluding carboxylic acids is 2. The molecule has 0 fully saturated rings. The Morgan fingerprint density at radius 2 is 1.83 bits per heavy atom. The average molecular weight is 534 g/mol. The van der Waals surface area contributed by atoms with Crippen molar-refractivity contribution in [3.05, 3.63) is 71.7 Å². The number of nitro benzene ring substituents is 2. The van der Waals surface area contributed by atoms with Gasteiger partial charge in [-0.15, -0.1) is 10.2 Å². The van der Waals surface area contributed by atoms with Gasteiger partial charge in [-0.05, 0) is 18.2 Å². The number of amides is 2. The Balaban J connectivity index is 1.34. The number of aromatic nitrogens is 2. The average Bonchev–Trinajstić information content (AvgIpc) is 3.46. The predicted octanol–water partition coefficient (Wildman–Crippen LogP) is 2.68. The van der Waals surface area contributed by atoms with E-state index in [9.17, 15) is 29.8 Å². The molecule has 15 nitrogen and oxygen atoms in total. The lowest BCUT2D eigenvalue weighted by Gasteiger charge is -2.02. The standard InChI is InChI=1S/C19H12ClN7O8S/c20-11-3-9(1-2-12(11)26(30)31)18(29)22-19-25-24-17(36-19)6-16(28)23-21-7-10-4-14-15(35-8-34-14)5-13(10)27(32)33/h1-5,7H,6,8H2,(H,23,28)(H,22,25,29)/b21-7-. The fraction of sp³-hybridized carbons (Fsp3) is 0.105. The second-order valence-electron chi connectivity index (χ2n) is 6.87. The first kappa shape index (κ1) is 24.4. The van der Waals surface area contributed by atoms with Gasteiger partial charge in [0.1, 0.15) is 10.0 Å². The summed E-state index contributed by atoms with van der Waals surface area (Å²) in [5.74, 6) is -0.675. The van der Waals surface area contributed by atoms with Crippen molar-refractivity contribution in [2.45, 2.75) is 6.42 Å². The highest BCUT2D eigenvalue weighted by atomic mass is 35.5. The van der Waals surface area contributed by atoms with Crippen molar-refractivity contribution in [2.75, 3.05) is 12.1 Å². The van der Waals surface area contributed by atoms with Gasteiger partial charge in [0, 0.05) is 11.6 Å². The molecule has 0 spiro atoms. The summed E-state index contributed by atoms with van der Waals surface area (Å²) in [6.07, 6.45) is 0.858. The van der Waals surface area contributed by atoms with Crippen molar-refractivity contribution >= 4 is 57.5 Å². The van der Waals surface area contributed by atoms with Gasteiger partial charge < -0.3 is 9.47 Å². The SMILES string of the molecule is O=C(Cc1nnc(NC(=O)c2ccc([N+](=O)[O-])c(Cl)c2)s1)N/N=C\c1cc2c(cc1[N+](=O)[O-])OCO2. The molecule has 0 bridgehead atoms. The highest BCUT2D eigenvalue weighted by Crippen LogP contribution is 2.37. The summed E-state index contributed by atoms with van der Waals surface area (Å²) in [6, 6.07) is 6.05. The first-order chi connectivity index (χ1) is 17.2. The van der Waals surface area contributed by atoms with Crippen LogP contribution in [0.1, 0.15) is 20.9 Å². The first-order valence-electron chi connectivity index (χ1n) is 9.69. The van der Waals surface area contributed by atoms with E-state index in [0.29, 0.717) is 5.75 Å². The number of hydrogen-bond donors (Lipinski definition) is 2. The molecule has 2 heterocycles. The van der Waals surface area contributed by atoms with Crippen molar-refractivity contribution in [3.8, 4) is 11.5 Å². The van der Waals surface area contributed by atoms with Gasteiger partial charge in [0.15, 0.2) is 11.5 Å². The lowest BCUT2D eigenvalue weighted by atomic mass is 10.1. The van der Waals surface area contributed by atoms with Gasteiger partial charge in [-0.2, -0.15) is 5.10 Å². The molecular formula is C19H12ClN7O8S. The number of anilines is 1. The number of ether oxygens (including phenoxy) is 2. The molecule has 0 saturated heterocycles. The molecule has 0 atom stereocenters. The summed E-state index contributed by atoms with van der Waals surface area (Å²) in [4.78, 5) is 45.3. The van der Waals surface area contributed by atoms with Crippen molar-refractivity contribution in [1.29, 1.82) is 0 Å². The Labute approximate surface area is 209 Å². The molecule has 0 radical (unpaired) electrons. The Morgan fingerprint density at radius 1 is 1.11 bits per heavy atom. The molecule has 184 valence electrons. The minimum Gasteiger partial charge on any atom is -0.454 e. The second kappa shape index (κ2) is 10.3. The van der Waals surface area contributed by atoms with Crippen LogP contribution >= 0.6 is 22.9 Å². The number of nitrogens with zero attached hydrogens (tertiary/aromatic N) is 5. The molecule has 4 rings (SSSR count). The third-order valence-corrected chi connectivity index (χ3v) is 5.66. The number of nitrogens with one attached hydrogen (secondary N) is 2. The third kappa shape index (κ3) is 5.50. The van der Waals surface area contributed by atoms with E-state index in [2.05, 4.69) is 26.0 Å². The van der Waals surface area contributed by atoms with E-state index < -0.39 is 21.7 Å². The lowest BCUT2D eigenvalue weighted by molar-refractivity contribution is -0.385. The Kier molecular flexibility index (Phi) is 6.98. The Morgan fingerprint density at radius 3 is 2.53 bits per heavy atom. The van der Waals surface area contributed by atoms with Gasteiger partial charge in [0.2, 0.25) is 17.8 Å². The number of hydrogen-bond acceptors (Lipinski definition) is 12. The molecule has 0 unspecified atom stereocenters. The summed E-state index contributed by atoms with van der Waals surface area (Å²) < 4.78 is 10.3. The zero-order chi connectivity index (χ0) is 25.8. The maximum Gasteiger partial charge on any atom is 0.287 e. The molecule has 0 saturated carbocycles. The van der Waals surface area contributed by atoms with Gasteiger partial charge in [0.25, 0.3) is 17.3 Å². The van der Waals surface area contributed by atoms with Crippen LogP contribution in [0.25, 0.3) is 0 Å². The van der Waals surface area contributed by atoms with Crippen LogP contribution < -0.4 is 20.2 Å². The van der Waals surface area contributed by atoms with Gasteiger partial charge in [-0.25, -0.2) is 5.43 Å². The highest BCUT2D eigenvalue weighted by molar-refractivity contribution is 7.15. The summed E-state index contributed by atoms with van der Waals surface area (Å²) in [6.45, 7) is -0.0598. The van der Waals surface area contributed by atoms with Crippen molar-refractivity contribution in [2.24, 2.45) is 5.10 Å². The second-order valence-corrected chi connectivity index (χ2v) is 8.34. The lowest BCUT2D eigenvalue weighted by Crippen LogP contribution is -2.19. The van der Waals surface area contributed by atoms with Crippen LogP contribution in [0.2, 0.25) is 5.02 Å². The molecule has 1 aliphatic heterocycles. The van der Waals surface area contributed by atoms with Crippen LogP contribution in [0.15, 0.2) is 35.4 Å². The molecule has 0 aliphatic carbocycles. The maximum atomic E-state index is 12.3. The van der Waals surface area contributed by atoms with Crippen LogP contribution in [0.5, 0.6) is 11.5 Å². The first-order valence-corrected chi connectivity index (χ1v) is 10.9. The maximum absolute atomic E-state index is 12.3. The third-order valence-electron chi connectivity index (χ3n) is 4.52. The number of fused-ring (bicyclic) bond motifs is 1. The fourth-order valence-corrected chi connectivity index (χ4v) is 3.88. The van der Waals surface area contributed by atoms with Crippen molar-refractivity contribution in [3.63, 3.8) is 0 Å². The van der Waals surface area contributed by atoms with Crippen LogP contribution in [0, 0.1) is 20.2 Å². The number of benzene rings is 2. The van der Waals surface area contributed by atoms with E-state index in [-0.39, 0.29) is 56.6 Å². The zero-order valence-corrected chi connectivity index (χ0v) is 19.2. The number of halogens is 1. The summed E-state index contributed by atoms with van der Waals surface area (Å²) >= 11 is 6.73. The van der Waals surface area contributed by atoms with Gasteiger partial charge >= 0.3 is 0 Å². The van der Waals surface area contributed by atoms with E-state index in [0.717, 1.165) is 29.7 Å². The molecule has 2 amide bonds. The van der Waals surface area contributed by atoms with E-state index >= 15 is 0 Å². The monoisotopic (exact) mass is 533 g/mol. The molecule has 17 heteroatoms. The molecular weight excluding hydrogens is 522 g/mol. The van der Waals surface area contributed by atoms with E-state index in [1.165, 1.54) is 18.2 Å². The number of carbonyl (C=O) groups is 2. The number of rotatable bonds is 8.